The zero-order valence-corrected chi connectivity index (χ0v) is 18.9. The smallest absolute Gasteiger partial charge is 0.248 e. The molecule has 0 radical (unpaired) electrons. The lowest BCUT2D eigenvalue weighted by Crippen LogP contribution is -2.10. The Morgan fingerprint density at radius 2 is 1.77 bits per heavy atom. The molecule has 2 N–H and O–H groups in total. The Hall–Kier alpha value is -3.09. The molecular weight excluding hydrogens is 435 g/mol. The number of anilines is 2. The van der Waals surface area contributed by atoms with Gasteiger partial charge in [0.05, 0.1) is 22.9 Å². The average Bonchev–Trinajstić information content (AvgIpc) is 2.97. The number of carbonyl (C=O) groups is 2. The Labute approximate surface area is 190 Å². The van der Waals surface area contributed by atoms with Crippen LogP contribution >= 0.6 is 23.2 Å². The fourth-order valence-corrected chi connectivity index (χ4v) is 3.43. The van der Waals surface area contributed by atoms with E-state index in [0.717, 1.165) is 5.56 Å². The summed E-state index contributed by atoms with van der Waals surface area (Å²) >= 11 is 12.7. The summed E-state index contributed by atoms with van der Waals surface area (Å²) in [6, 6.07) is 13.0. The van der Waals surface area contributed by atoms with Crippen LogP contribution in [-0.2, 0) is 16.1 Å². The summed E-state index contributed by atoms with van der Waals surface area (Å²) in [5.74, 6) is -0.601. The van der Waals surface area contributed by atoms with Gasteiger partial charge in [0.1, 0.15) is 5.15 Å². The van der Waals surface area contributed by atoms with Crippen molar-refractivity contribution in [3.05, 3.63) is 81.1 Å². The SMILES string of the molecule is CC(=O)Nc1ccc(Cl)c(NC(=O)/C=C/c2c(C)nn(Cc3ccc(C)cc3)c2Cl)c1. The fourth-order valence-electron chi connectivity index (χ4n) is 2.96. The van der Waals surface area contributed by atoms with E-state index in [1.807, 2.05) is 38.1 Å². The minimum Gasteiger partial charge on any atom is -0.326 e. The van der Waals surface area contributed by atoms with Gasteiger partial charge in [0.25, 0.3) is 0 Å². The number of benzene rings is 2. The first-order chi connectivity index (χ1) is 14.7. The van der Waals surface area contributed by atoms with Crippen molar-refractivity contribution in [2.24, 2.45) is 0 Å². The minimum absolute atomic E-state index is 0.215. The molecule has 3 aromatic rings. The summed E-state index contributed by atoms with van der Waals surface area (Å²) in [7, 11) is 0. The first-order valence-corrected chi connectivity index (χ1v) is 10.3. The Morgan fingerprint density at radius 3 is 2.45 bits per heavy atom. The van der Waals surface area contributed by atoms with E-state index in [4.69, 9.17) is 23.2 Å². The monoisotopic (exact) mass is 456 g/mol. The second-order valence-corrected chi connectivity index (χ2v) is 7.90. The number of hydrogen-bond donors (Lipinski definition) is 2. The summed E-state index contributed by atoms with van der Waals surface area (Å²) in [5.41, 5.74) is 4.57. The van der Waals surface area contributed by atoms with Crippen LogP contribution in [0.5, 0.6) is 0 Å². The van der Waals surface area contributed by atoms with Crippen LogP contribution in [0.1, 0.15) is 29.3 Å². The molecule has 3 rings (SSSR count). The maximum atomic E-state index is 12.4. The maximum Gasteiger partial charge on any atom is 0.248 e. The van der Waals surface area contributed by atoms with Crippen molar-refractivity contribution in [3.8, 4) is 0 Å². The molecule has 31 heavy (non-hydrogen) atoms. The zero-order valence-electron chi connectivity index (χ0n) is 17.4. The molecule has 2 amide bonds. The van der Waals surface area contributed by atoms with Crippen molar-refractivity contribution in [2.75, 3.05) is 10.6 Å². The van der Waals surface area contributed by atoms with Gasteiger partial charge < -0.3 is 10.6 Å². The second kappa shape index (κ2) is 9.81. The summed E-state index contributed by atoms with van der Waals surface area (Å²) in [5, 5.41) is 10.6. The van der Waals surface area contributed by atoms with Crippen LogP contribution in [0.15, 0.2) is 48.5 Å². The molecule has 0 fully saturated rings. The van der Waals surface area contributed by atoms with Crippen molar-refractivity contribution in [2.45, 2.75) is 27.3 Å². The van der Waals surface area contributed by atoms with Gasteiger partial charge in [0, 0.05) is 24.3 Å². The van der Waals surface area contributed by atoms with E-state index in [1.165, 1.54) is 18.6 Å². The molecule has 1 aromatic heterocycles. The number of nitrogens with zero attached hydrogens (tertiary/aromatic N) is 2. The summed E-state index contributed by atoms with van der Waals surface area (Å²) in [6.07, 6.45) is 2.99. The quantitative estimate of drug-likeness (QED) is 0.483. The van der Waals surface area contributed by atoms with Crippen LogP contribution in [0.2, 0.25) is 10.2 Å². The number of halogens is 2. The molecule has 160 valence electrons. The van der Waals surface area contributed by atoms with Gasteiger partial charge in [-0.15, -0.1) is 0 Å². The van der Waals surface area contributed by atoms with Crippen molar-refractivity contribution in [1.29, 1.82) is 0 Å². The predicted octanol–water partition coefficient (Wildman–Crippen LogP) is 5.47. The molecule has 0 atom stereocenters. The van der Waals surface area contributed by atoms with Gasteiger partial charge in [-0.3, -0.25) is 9.59 Å². The molecule has 6 nitrogen and oxygen atoms in total. The fraction of sp³-hybridized carbons (Fsp3) is 0.174. The Balaban J connectivity index is 1.73. The molecule has 0 bridgehead atoms. The van der Waals surface area contributed by atoms with Crippen LogP contribution in [-0.4, -0.2) is 21.6 Å². The normalized spacial score (nSPS) is 11.0. The topological polar surface area (TPSA) is 76.0 Å². The van der Waals surface area contributed by atoms with Crippen LogP contribution in [0.25, 0.3) is 6.08 Å². The van der Waals surface area contributed by atoms with Crippen molar-refractivity contribution < 1.29 is 9.59 Å². The minimum atomic E-state index is -0.386. The molecule has 0 saturated heterocycles. The molecule has 0 aliphatic carbocycles. The Bertz CT molecular complexity index is 1150. The number of aromatic nitrogens is 2. The predicted molar refractivity (Wildman–Crippen MR) is 126 cm³/mol. The van der Waals surface area contributed by atoms with E-state index in [1.54, 1.807) is 29.0 Å². The molecule has 0 saturated carbocycles. The standard InChI is InChI=1S/C23H22Cl2N4O2/c1-14-4-6-17(7-5-14)13-29-23(25)19(15(2)28-29)9-11-22(31)27-21-12-18(26-16(3)30)8-10-20(21)24/h4-12H,13H2,1-3H3,(H,26,30)(H,27,31)/b11-9+. The van der Waals surface area contributed by atoms with E-state index in [9.17, 15) is 9.59 Å². The van der Waals surface area contributed by atoms with Gasteiger partial charge in [0.15, 0.2) is 0 Å². The highest BCUT2D eigenvalue weighted by atomic mass is 35.5. The van der Waals surface area contributed by atoms with Crippen molar-refractivity contribution in [1.82, 2.24) is 9.78 Å². The van der Waals surface area contributed by atoms with Crippen molar-refractivity contribution in [3.63, 3.8) is 0 Å². The lowest BCUT2D eigenvalue weighted by Gasteiger charge is -2.08. The number of nitrogens with one attached hydrogen (secondary N) is 2. The molecule has 0 aliphatic rings. The van der Waals surface area contributed by atoms with E-state index in [2.05, 4.69) is 15.7 Å². The van der Waals surface area contributed by atoms with Crippen LogP contribution < -0.4 is 10.6 Å². The number of amides is 2. The Kier molecular flexibility index (Phi) is 7.15. The third-order valence-corrected chi connectivity index (χ3v) is 5.24. The van der Waals surface area contributed by atoms with Gasteiger partial charge in [-0.2, -0.15) is 5.10 Å². The van der Waals surface area contributed by atoms with Gasteiger partial charge >= 0.3 is 0 Å². The van der Waals surface area contributed by atoms with E-state index < -0.39 is 0 Å². The zero-order chi connectivity index (χ0) is 22.5. The summed E-state index contributed by atoms with van der Waals surface area (Å²) in [6.45, 7) is 5.81. The molecule has 0 unspecified atom stereocenters. The summed E-state index contributed by atoms with van der Waals surface area (Å²) < 4.78 is 1.70. The van der Waals surface area contributed by atoms with Crippen LogP contribution in [0.4, 0.5) is 11.4 Å². The van der Waals surface area contributed by atoms with Crippen LogP contribution in [0, 0.1) is 13.8 Å². The number of carbonyl (C=O) groups excluding carboxylic acids is 2. The number of rotatable bonds is 6. The third-order valence-electron chi connectivity index (χ3n) is 4.51. The number of aryl methyl sites for hydroxylation is 2. The lowest BCUT2D eigenvalue weighted by atomic mass is 10.1. The molecule has 8 heteroatoms. The van der Waals surface area contributed by atoms with Gasteiger partial charge in [0.2, 0.25) is 11.8 Å². The summed E-state index contributed by atoms with van der Waals surface area (Å²) in [4.78, 5) is 23.6. The van der Waals surface area contributed by atoms with Gasteiger partial charge in [-0.05, 0) is 43.7 Å². The largest absolute Gasteiger partial charge is 0.326 e. The molecule has 1 heterocycles. The highest BCUT2D eigenvalue weighted by molar-refractivity contribution is 6.34. The molecule has 0 aliphatic heterocycles. The third kappa shape index (κ3) is 5.96. The van der Waals surface area contributed by atoms with E-state index >= 15 is 0 Å². The van der Waals surface area contributed by atoms with Gasteiger partial charge in [-0.25, -0.2) is 4.68 Å². The second-order valence-electron chi connectivity index (χ2n) is 7.13. The lowest BCUT2D eigenvalue weighted by molar-refractivity contribution is -0.114. The van der Waals surface area contributed by atoms with Crippen LogP contribution in [0.3, 0.4) is 0 Å². The molecule has 0 spiro atoms. The highest BCUT2D eigenvalue weighted by Crippen LogP contribution is 2.26. The maximum absolute atomic E-state index is 12.4. The Morgan fingerprint density at radius 1 is 1.06 bits per heavy atom. The number of hydrogen-bond acceptors (Lipinski definition) is 3. The molecular formula is C23H22Cl2N4O2. The first-order valence-electron chi connectivity index (χ1n) is 9.57. The van der Waals surface area contributed by atoms with Gasteiger partial charge in [-0.1, -0.05) is 53.0 Å². The highest BCUT2D eigenvalue weighted by Gasteiger charge is 2.12. The average molecular weight is 457 g/mol. The van der Waals surface area contributed by atoms with Crippen molar-refractivity contribution >= 4 is 52.5 Å². The van der Waals surface area contributed by atoms with E-state index in [-0.39, 0.29) is 11.8 Å². The molecule has 2 aromatic carbocycles. The first kappa shape index (κ1) is 22.6. The van der Waals surface area contributed by atoms with E-state index in [0.29, 0.717) is 39.4 Å².